The topological polar surface area (TPSA) is 24.9 Å². The quantitative estimate of drug-likeness (QED) is 0.0902. The fourth-order valence-corrected chi connectivity index (χ4v) is 9.38. The Kier molecular flexibility index (Phi) is 14.2. The molecule has 4 heteroatoms. The summed E-state index contributed by atoms with van der Waals surface area (Å²) < 4.78 is 12.6. The monoisotopic (exact) mass is 908 g/mol. The number of hydrogen-bond donors (Lipinski definition) is 0. The zero-order valence-electron chi connectivity index (χ0n) is 39.4. The van der Waals surface area contributed by atoms with E-state index in [0.29, 0.717) is 5.92 Å². The van der Waals surface area contributed by atoms with Crippen LogP contribution in [0.25, 0.3) is 11.6 Å². The molecule has 0 heterocycles. The summed E-state index contributed by atoms with van der Waals surface area (Å²) in [4.78, 5) is 4.65. The molecule has 0 spiro atoms. The van der Waals surface area contributed by atoms with E-state index in [1.165, 1.54) is 39.2 Å². The van der Waals surface area contributed by atoms with Crippen LogP contribution in [0.2, 0.25) is 0 Å². The van der Waals surface area contributed by atoms with Crippen molar-refractivity contribution in [1.82, 2.24) is 0 Å². The Labute approximate surface area is 413 Å². The van der Waals surface area contributed by atoms with Crippen LogP contribution >= 0.6 is 0 Å². The molecule has 1 unspecified atom stereocenters. The first-order valence-electron chi connectivity index (χ1n) is 24.3. The molecular formula is C66H56N2O2. The van der Waals surface area contributed by atoms with Gasteiger partial charge >= 0.3 is 0 Å². The average molecular weight is 909 g/mol. The summed E-state index contributed by atoms with van der Waals surface area (Å²) in [5.74, 6) is 3.55. The molecule has 7 aromatic rings. The molecule has 0 aromatic heterocycles. The van der Waals surface area contributed by atoms with Crippen LogP contribution in [-0.2, 0) is 0 Å². The minimum atomic E-state index is 0.360. The summed E-state index contributed by atoms with van der Waals surface area (Å²) in [6.45, 7) is 4.25. The first-order valence-corrected chi connectivity index (χ1v) is 24.3. The van der Waals surface area contributed by atoms with Crippen LogP contribution in [0.4, 0.5) is 17.1 Å². The van der Waals surface area contributed by atoms with Crippen LogP contribution in [0.5, 0.6) is 23.0 Å². The summed E-state index contributed by atoms with van der Waals surface area (Å²) in [5.41, 5.74) is 14.4. The molecule has 0 saturated heterocycles. The van der Waals surface area contributed by atoms with Crippen molar-refractivity contribution in [3.8, 4) is 23.0 Å². The molecule has 10 rings (SSSR count). The summed E-state index contributed by atoms with van der Waals surface area (Å²) in [6, 6.07) is 66.6. The number of anilines is 3. The van der Waals surface area contributed by atoms with Crippen molar-refractivity contribution in [1.29, 1.82) is 0 Å². The van der Waals surface area contributed by atoms with Gasteiger partial charge in [0.2, 0.25) is 0 Å². The van der Waals surface area contributed by atoms with Crippen molar-refractivity contribution in [3.05, 3.63) is 306 Å². The third kappa shape index (κ3) is 11.1. The van der Waals surface area contributed by atoms with Crippen LogP contribution in [0.3, 0.4) is 0 Å². The Balaban J connectivity index is 0.894. The Morgan fingerprint density at radius 2 is 1.07 bits per heavy atom. The van der Waals surface area contributed by atoms with E-state index < -0.39 is 0 Å². The highest BCUT2D eigenvalue weighted by molar-refractivity contribution is 5.76. The first kappa shape index (κ1) is 45.2. The maximum atomic E-state index is 6.33. The molecule has 0 aliphatic heterocycles. The molecule has 1 atom stereocenters. The lowest BCUT2D eigenvalue weighted by Gasteiger charge is -2.33. The molecule has 0 N–H and O–H groups in total. The van der Waals surface area contributed by atoms with E-state index in [-0.39, 0.29) is 0 Å². The third-order valence-electron chi connectivity index (χ3n) is 13.0. The minimum Gasteiger partial charge on any atom is -0.457 e. The van der Waals surface area contributed by atoms with Gasteiger partial charge in [0.25, 0.3) is 0 Å². The van der Waals surface area contributed by atoms with Crippen LogP contribution in [0.15, 0.2) is 290 Å². The Morgan fingerprint density at radius 1 is 0.514 bits per heavy atom. The first-order chi connectivity index (χ1) is 34.6. The van der Waals surface area contributed by atoms with Crippen LogP contribution < -0.4 is 19.3 Å². The zero-order valence-corrected chi connectivity index (χ0v) is 39.4. The second-order valence-corrected chi connectivity index (χ2v) is 17.6. The van der Waals surface area contributed by atoms with Crippen molar-refractivity contribution in [2.45, 2.75) is 38.0 Å². The van der Waals surface area contributed by atoms with E-state index in [9.17, 15) is 0 Å². The average Bonchev–Trinajstić information content (AvgIpc) is 3.43. The number of nitrogens with zero attached hydrogens (tertiary/aromatic N) is 2. The van der Waals surface area contributed by atoms with Crippen molar-refractivity contribution in [2.75, 3.05) is 9.80 Å². The molecule has 7 aromatic carbocycles. The number of ether oxygens (including phenoxy) is 2. The molecule has 0 saturated carbocycles. The lowest BCUT2D eigenvalue weighted by molar-refractivity contribution is 0.482. The largest absolute Gasteiger partial charge is 0.457 e. The van der Waals surface area contributed by atoms with Gasteiger partial charge in [0.05, 0.1) is 0 Å². The highest BCUT2D eigenvalue weighted by Crippen LogP contribution is 2.41. The van der Waals surface area contributed by atoms with Crippen LogP contribution in [0, 0.1) is 0 Å². The molecule has 0 fully saturated rings. The van der Waals surface area contributed by atoms with Gasteiger partial charge in [0, 0.05) is 52.2 Å². The minimum absolute atomic E-state index is 0.360. The number of rotatable bonds is 16. The maximum Gasteiger partial charge on any atom is 0.129 e. The lowest BCUT2D eigenvalue weighted by Crippen LogP contribution is -2.23. The molecule has 0 amide bonds. The van der Waals surface area contributed by atoms with Crippen molar-refractivity contribution in [3.63, 3.8) is 0 Å². The SMILES string of the molecule is C=C/C(=C\C=C\c1ccccc1)N(c1ccc(C2=CC=C(C3=CC=C(N(C4=CCC(c5ccccc5)C=C4)c4cccc(Oc5ccccc5)c4)CC3)CC2)cc1)c1cccc(Oc2ccccc2)c1. The van der Waals surface area contributed by atoms with E-state index in [1.54, 1.807) is 0 Å². The van der Waals surface area contributed by atoms with Gasteiger partial charge in [-0.3, -0.25) is 0 Å². The lowest BCUT2D eigenvalue weighted by atomic mass is 9.86. The van der Waals surface area contributed by atoms with E-state index in [1.807, 2.05) is 91.0 Å². The van der Waals surface area contributed by atoms with Gasteiger partial charge in [-0.05, 0) is 150 Å². The van der Waals surface area contributed by atoms with Gasteiger partial charge < -0.3 is 19.3 Å². The van der Waals surface area contributed by atoms with Gasteiger partial charge in [-0.1, -0.05) is 170 Å². The summed E-state index contributed by atoms with van der Waals surface area (Å²) in [6.07, 6.45) is 29.4. The number of allylic oxidation sites excluding steroid dienone is 14. The zero-order chi connectivity index (χ0) is 47.3. The predicted molar refractivity (Wildman–Crippen MR) is 292 cm³/mol. The van der Waals surface area contributed by atoms with Gasteiger partial charge in [-0.15, -0.1) is 0 Å². The predicted octanol–water partition coefficient (Wildman–Crippen LogP) is 18.0. The summed E-state index contributed by atoms with van der Waals surface area (Å²) in [7, 11) is 0. The highest BCUT2D eigenvalue weighted by atomic mass is 16.5. The van der Waals surface area contributed by atoms with Crippen LogP contribution in [0.1, 0.15) is 54.7 Å². The molecule has 0 radical (unpaired) electrons. The molecule has 0 bridgehead atoms. The normalized spacial score (nSPS) is 15.7. The van der Waals surface area contributed by atoms with E-state index >= 15 is 0 Å². The summed E-state index contributed by atoms with van der Waals surface area (Å²) >= 11 is 0. The molecule has 3 aliphatic rings. The van der Waals surface area contributed by atoms with Crippen molar-refractivity contribution in [2.24, 2.45) is 0 Å². The Hall–Kier alpha value is -8.60. The fourth-order valence-electron chi connectivity index (χ4n) is 9.38. The fraction of sp³-hybridized carbons (Fsp3) is 0.0909. The molecule has 342 valence electrons. The van der Waals surface area contributed by atoms with Gasteiger partial charge in [0.15, 0.2) is 0 Å². The number of benzene rings is 7. The molecular weight excluding hydrogens is 853 g/mol. The highest BCUT2D eigenvalue weighted by Gasteiger charge is 2.23. The Morgan fingerprint density at radius 3 is 1.66 bits per heavy atom. The third-order valence-corrected chi connectivity index (χ3v) is 13.0. The second kappa shape index (κ2) is 22.0. The van der Waals surface area contributed by atoms with Gasteiger partial charge in [0.1, 0.15) is 23.0 Å². The number of hydrogen-bond acceptors (Lipinski definition) is 4. The van der Waals surface area contributed by atoms with E-state index in [0.717, 1.165) is 83.4 Å². The van der Waals surface area contributed by atoms with Crippen molar-refractivity contribution >= 4 is 28.7 Å². The van der Waals surface area contributed by atoms with Gasteiger partial charge in [-0.25, -0.2) is 0 Å². The van der Waals surface area contributed by atoms with Gasteiger partial charge in [-0.2, -0.15) is 0 Å². The second-order valence-electron chi connectivity index (χ2n) is 17.6. The maximum absolute atomic E-state index is 6.33. The molecule has 70 heavy (non-hydrogen) atoms. The van der Waals surface area contributed by atoms with E-state index in [2.05, 4.69) is 186 Å². The molecule has 3 aliphatic carbocycles. The standard InChI is InChI=1S/C66H56N2O2/c1-2-57(23-15-20-50-18-7-3-8-19-50)67(61-24-16-30-65(48-61)69-63-26-11-5-12-27-63)58-42-38-55(39-43-58)52-32-34-53(35-33-52)56-40-46-60(47-41-56)68(59-44-36-54(37-45-59)51-21-9-4-10-22-51)62-25-17-31-66(49-62)70-64-28-13-6-14-29-64/h2-32,34,36,38-40,42-46,48-49,54H,1,33,35,37,41,47H2/b20-15+,57-23+. The summed E-state index contributed by atoms with van der Waals surface area (Å²) in [5, 5.41) is 0. The number of para-hydroxylation sites is 2. The van der Waals surface area contributed by atoms with E-state index in [4.69, 9.17) is 9.47 Å². The van der Waals surface area contributed by atoms with Crippen LogP contribution in [-0.4, -0.2) is 0 Å². The molecule has 4 nitrogen and oxygen atoms in total. The van der Waals surface area contributed by atoms with Crippen molar-refractivity contribution < 1.29 is 9.47 Å². The smallest absolute Gasteiger partial charge is 0.129 e. The Bertz CT molecular complexity index is 3170.